The molecule has 5 nitrogen and oxygen atoms in total. The van der Waals surface area contributed by atoms with Crippen LogP contribution in [0.3, 0.4) is 0 Å². The number of aryl methyl sites for hydroxylation is 2. The molecular weight excluding hydrogens is 438 g/mol. The number of thiophene rings is 1. The smallest absolute Gasteiger partial charge is 0.255 e. The van der Waals surface area contributed by atoms with Gasteiger partial charge in [-0.15, -0.1) is 23.1 Å². The van der Waals surface area contributed by atoms with E-state index in [0.717, 1.165) is 38.9 Å². The van der Waals surface area contributed by atoms with E-state index in [9.17, 15) is 9.59 Å². The second-order valence-electron chi connectivity index (χ2n) is 9.35. The summed E-state index contributed by atoms with van der Waals surface area (Å²) in [6.07, 6.45) is 3.31. The molecule has 1 aliphatic carbocycles. The van der Waals surface area contributed by atoms with Gasteiger partial charge in [0, 0.05) is 45.5 Å². The Morgan fingerprint density at radius 2 is 2.00 bits per heavy atom. The predicted molar refractivity (Wildman–Crippen MR) is 132 cm³/mol. The molecule has 0 radical (unpaired) electrons. The van der Waals surface area contributed by atoms with Crippen LogP contribution in [-0.2, 0) is 9.59 Å². The molecular formula is C25H29N3O2S2. The number of rotatable bonds is 4. The van der Waals surface area contributed by atoms with Crippen LogP contribution in [0, 0.1) is 19.3 Å². The molecule has 0 unspecified atom stereocenters. The Labute approximate surface area is 197 Å². The van der Waals surface area contributed by atoms with Crippen molar-refractivity contribution in [2.45, 2.75) is 57.6 Å². The van der Waals surface area contributed by atoms with Gasteiger partial charge in [0.05, 0.1) is 4.21 Å². The highest BCUT2D eigenvalue weighted by Gasteiger charge is 2.43. The summed E-state index contributed by atoms with van der Waals surface area (Å²) < 4.78 is 1.14. The first kappa shape index (κ1) is 22.8. The van der Waals surface area contributed by atoms with Crippen molar-refractivity contribution in [3.8, 4) is 0 Å². The van der Waals surface area contributed by atoms with E-state index in [1.54, 1.807) is 29.2 Å². The van der Waals surface area contributed by atoms with E-state index in [4.69, 9.17) is 0 Å². The minimum Gasteiger partial charge on any atom is -0.362 e. The van der Waals surface area contributed by atoms with Crippen LogP contribution >= 0.6 is 23.1 Å². The van der Waals surface area contributed by atoms with E-state index >= 15 is 0 Å². The zero-order valence-corrected chi connectivity index (χ0v) is 21.0. The van der Waals surface area contributed by atoms with Gasteiger partial charge in [-0.25, -0.2) is 4.98 Å². The topological polar surface area (TPSA) is 71.1 Å². The number of allylic oxidation sites excluding steroid dienone is 3. The molecule has 0 saturated carbocycles. The third kappa shape index (κ3) is 4.28. The summed E-state index contributed by atoms with van der Waals surface area (Å²) in [5, 5.41) is 6.40. The first-order chi connectivity index (χ1) is 15.1. The summed E-state index contributed by atoms with van der Waals surface area (Å²) in [6, 6.07) is 7.68. The number of amides is 1. The van der Waals surface area contributed by atoms with Crippen molar-refractivity contribution in [3.63, 3.8) is 0 Å². The van der Waals surface area contributed by atoms with E-state index < -0.39 is 0 Å². The van der Waals surface area contributed by atoms with Crippen LogP contribution in [0.15, 0.2) is 51.0 Å². The minimum absolute atomic E-state index is 0.105. The van der Waals surface area contributed by atoms with Crippen molar-refractivity contribution in [3.05, 3.63) is 62.9 Å². The van der Waals surface area contributed by atoms with Crippen molar-refractivity contribution < 1.29 is 9.59 Å². The van der Waals surface area contributed by atoms with Crippen LogP contribution in [0.4, 0.5) is 5.82 Å². The SMILES string of the molecule is CSc1sc(C)cc1[C@@H]1C(C(=O)Nc2cccc(C)n2)=C(C)NC2=C1C(=O)CC(C)(C)C2. The van der Waals surface area contributed by atoms with Crippen LogP contribution in [0.1, 0.15) is 55.7 Å². The Balaban J connectivity index is 1.84. The Hall–Kier alpha value is -2.38. The van der Waals surface area contributed by atoms with Crippen molar-refractivity contribution in [2.75, 3.05) is 11.6 Å². The first-order valence-electron chi connectivity index (χ1n) is 10.7. The number of hydrogen-bond acceptors (Lipinski definition) is 6. The molecule has 168 valence electrons. The first-order valence-corrected chi connectivity index (χ1v) is 12.8. The van der Waals surface area contributed by atoms with Crippen LogP contribution < -0.4 is 10.6 Å². The fourth-order valence-electron chi connectivity index (χ4n) is 4.72. The quantitative estimate of drug-likeness (QED) is 0.563. The van der Waals surface area contributed by atoms with Gasteiger partial charge in [-0.1, -0.05) is 19.9 Å². The monoisotopic (exact) mass is 467 g/mol. The Morgan fingerprint density at radius 1 is 1.25 bits per heavy atom. The summed E-state index contributed by atoms with van der Waals surface area (Å²) in [5.74, 6) is 0.0258. The van der Waals surface area contributed by atoms with Crippen molar-refractivity contribution in [1.29, 1.82) is 0 Å². The minimum atomic E-state index is -0.382. The van der Waals surface area contributed by atoms with Crippen molar-refractivity contribution in [1.82, 2.24) is 10.3 Å². The molecule has 2 aliphatic rings. The van der Waals surface area contributed by atoms with E-state index in [-0.39, 0.29) is 23.0 Å². The van der Waals surface area contributed by atoms with Gasteiger partial charge >= 0.3 is 0 Å². The van der Waals surface area contributed by atoms with Crippen LogP contribution in [0.25, 0.3) is 0 Å². The molecule has 1 atom stereocenters. The molecule has 0 spiro atoms. The van der Waals surface area contributed by atoms with E-state index in [2.05, 4.69) is 42.5 Å². The number of ketones is 1. The lowest BCUT2D eigenvalue weighted by molar-refractivity contribution is -0.118. The summed E-state index contributed by atoms with van der Waals surface area (Å²) in [7, 11) is 0. The maximum atomic E-state index is 13.6. The fraction of sp³-hybridized carbons (Fsp3) is 0.400. The molecule has 1 amide bonds. The van der Waals surface area contributed by atoms with Gasteiger partial charge in [-0.05, 0) is 62.6 Å². The van der Waals surface area contributed by atoms with Gasteiger partial charge < -0.3 is 10.6 Å². The third-order valence-electron chi connectivity index (χ3n) is 5.96. The number of carbonyl (C=O) groups excluding carboxylic acids is 2. The molecule has 0 bridgehead atoms. The Kier molecular flexibility index (Phi) is 6.07. The van der Waals surface area contributed by atoms with Gasteiger partial charge in [-0.2, -0.15) is 0 Å². The van der Waals surface area contributed by atoms with Gasteiger partial charge in [0.15, 0.2) is 5.78 Å². The Morgan fingerprint density at radius 3 is 2.69 bits per heavy atom. The normalized spacial score (nSPS) is 20.2. The van der Waals surface area contributed by atoms with Crippen LogP contribution in [0.2, 0.25) is 0 Å². The molecule has 0 fully saturated rings. The number of dihydropyridines is 1. The lowest BCUT2D eigenvalue weighted by Crippen LogP contribution is -2.39. The van der Waals surface area contributed by atoms with Crippen molar-refractivity contribution in [2.24, 2.45) is 5.41 Å². The van der Waals surface area contributed by atoms with Crippen molar-refractivity contribution >= 4 is 40.6 Å². The molecule has 2 aromatic rings. The van der Waals surface area contributed by atoms with Crippen LogP contribution in [0.5, 0.6) is 0 Å². The molecule has 1 aliphatic heterocycles. The summed E-state index contributed by atoms with van der Waals surface area (Å²) in [6.45, 7) is 10.1. The highest BCUT2D eigenvalue weighted by Crippen LogP contribution is 2.49. The second kappa shape index (κ2) is 8.52. The highest BCUT2D eigenvalue weighted by atomic mass is 32.2. The largest absolute Gasteiger partial charge is 0.362 e. The number of anilines is 1. The highest BCUT2D eigenvalue weighted by molar-refractivity contribution is 8.00. The van der Waals surface area contributed by atoms with Gasteiger partial charge in [0.2, 0.25) is 0 Å². The van der Waals surface area contributed by atoms with E-state index in [1.807, 2.05) is 32.2 Å². The third-order valence-corrected chi connectivity index (χ3v) is 8.18. The second-order valence-corrected chi connectivity index (χ2v) is 11.7. The summed E-state index contributed by atoms with van der Waals surface area (Å²) >= 11 is 3.38. The number of pyridine rings is 1. The number of nitrogens with one attached hydrogen (secondary N) is 2. The number of aromatic nitrogens is 1. The summed E-state index contributed by atoms with van der Waals surface area (Å²) in [4.78, 5) is 32.6. The van der Waals surface area contributed by atoms with Gasteiger partial charge in [0.25, 0.3) is 5.91 Å². The molecule has 7 heteroatoms. The Bertz CT molecular complexity index is 1170. The number of carbonyl (C=O) groups is 2. The fourth-order valence-corrected chi connectivity index (χ4v) is 6.63. The predicted octanol–water partition coefficient (Wildman–Crippen LogP) is 5.72. The van der Waals surface area contributed by atoms with Crippen LogP contribution in [-0.4, -0.2) is 22.9 Å². The number of hydrogen-bond donors (Lipinski definition) is 2. The zero-order valence-electron chi connectivity index (χ0n) is 19.4. The molecule has 0 saturated heterocycles. The maximum Gasteiger partial charge on any atom is 0.255 e. The molecule has 2 aromatic heterocycles. The molecule has 4 rings (SSSR count). The maximum absolute atomic E-state index is 13.6. The number of Topliss-reactive ketones (excluding diaryl/α,β-unsaturated/α-hetero) is 1. The standard InChI is InChI=1S/C25H29N3O2S2/c1-13-8-7-9-19(26-13)28-23(30)20-15(3)27-17-11-25(4,5)12-18(29)22(17)21(20)16-10-14(2)32-24(16)31-6/h7-10,21,27H,11-12H2,1-6H3,(H,26,28,30)/t21-/m1/s1. The lowest BCUT2D eigenvalue weighted by Gasteiger charge is -2.39. The zero-order chi connectivity index (χ0) is 23.2. The lowest BCUT2D eigenvalue weighted by atomic mass is 9.69. The number of nitrogens with zero attached hydrogens (tertiary/aromatic N) is 1. The number of thioether (sulfide) groups is 1. The molecule has 2 N–H and O–H groups in total. The van der Waals surface area contributed by atoms with Gasteiger partial charge in [0.1, 0.15) is 5.82 Å². The van der Waals surface area contributed by atoms with E-state index in [1.165, 1.54) is 4.88 Å². The average molecular weight is 468 g/mol. The molecule has 3 heterocycles. The van der Waals surface area contributed by atoms with Gasteiger partial charge in [-0.3, -0.25) is 9.59 Å². The summed E-state index contributed by atoms with van der Waals surface area (Å²) in [5.41, 5.74) is 4.85. The molecule has 0 aromatic carbocycles. The molecule has 32 heavy (non-hydrogen) atoms. The van der Waals surface area contributed by atoms with E-state index in [0.29, 0.717) is 17.8 Å². The average Bonchev–Trinajstić information content (AvgIpc) is 3.06.